The quantitative estimate of drug-likeness (QED) is 0.125. The standard InChI is InChI=1S/C22H42N6O6/c1-12(2)11-16(22(33)34)27-20(31)15(8-9-17(25)29)26-21(32)18(13(3)4)28-19(30)14(24)7-5-6-10-23/h12-16,18H,5-11,23-24H2,1-4H3,(H2,25,29)(H,26,32)(H,27,31)(H,28,30)(H,33,34). The topological polar surface area (TPSA) is 220 Å². The predicted octanol–water partition coefficient (Wildman–Crippen LogP) is -1.05. The first-order valence-corrected chi connectivity index (χ1v) is 11.7. The molecule has 0 fully saturated rings. The summed E-state index contributed by atoms with van der Waals surface area (Å²) in [6.07, 6.45) is 1.65. The van der Waals surface area contributed by atoms with E-state index in [0.29, 0.717) is 19.4 Å². The molecule has 0 aliphatic rings. The molecule has 0 aliphatic heterocycles. The molecule has 0 aliphatic carbocycles. The Hall–Kier alpha value is -2.73. The Balaban J connectivity index is 5.42. The van der Waals surface area contributed by atoms with Gasteiger partial charge in [0.1, 0.15) is 18.1 Å². The van der Waals surface area contributed by atoms with Gasteiger partial charge in [0.05, 0.1) is 6.04 Å². The highest BCUT2D eigenvalue weighted by atomic mass is 16.4. The Bertz CT molecular complexity index is 699. The average Bonchev–Trinajstić information content (AvgIpc) is 2.73. The number of rotatable bonds is 17. The monoisotopic (exact) mass is 486 g/mol. The van der Waals surface area contributed by atoms with Gasteiger partial charge >= 0.3 is 5.97 Å². The number of aliphatic carboxylic acids is 1. The molecule has 0 spiro atoms. The van der Waals surface area contributed by atoms with Crippen molar-refractivity contribution in [3.63, 3.8) is 0 Å². The molecule has 12 nitrogen and oxygen atoms in total. The van der Waals surface area contributed by atoms with Crippen molar-refractivity contribution < 1.29 is 29.1 Å². The molecule has 4 amide bonds. The van der Waals surface area contributed by atoms with E-state index in [2.05, 4.69) is 16.0 Å². The number of nitrogens with two attached hydrogens (primary N) is 3. The van der Waals surface area contributed by atoms with E-state index in [-0.39, 0.29) is 31.1 Å². The first-order valence-electron chi connectivity index (χ1n) is 11.7. The van der Waals surface area contributed by atoms with Crippen molar-refractivity contribution >= 4 is 29.6 Å². The molecule has 0 aromatic carbocycles. The number of amides is 4. The molecule has 0 saturated heterocycles. The summed E-state index contributed by atoms with van der Waals surface area (Å²) in [4.78, 5) is 61.0. The van der Waals surface area contributed by atoms with Crippen LogP contribution >= 0.6 is 0 Å². The van der Waals surface area contributed by atoms with E-state index in [1.54, 1.807) is 13.8 Å². The SMILES string of the molecule is CC(C)CC(NC(=O)C(CCC(N)=O)NC(=O)C(NC(=O)C(N)CCCCN)C(C)C)C(=O)O. The van der Waals surface area contributed by atoms with Crippen molar-refractivity contribution in [3.8, 4) is 0 Å². The molecule has 196 valence electrons. The van der Waals surface area contributed by atoms with E-state index in [1.807, 2.05) is 13.8 Å². The van der Waals surface area contributed by atoms with E-state index < -0.39 is 53.8 Å². The zero-order chi connectivity index (χ0) is 26.4. The molecular formula is C22H42N6O6. The summed E-state index contributed by atoms with van der Waals surface area (Å²) < 4.78 is 0. The molecule has 0 saturated carbocycles. The smallest absolute Gasteiger partial charge is 0.326 e. The lowest BCUT2D eigenvalue weighted by Crippen LogP contribution is -2.58. The summed E-state index contributed by atoms with van der Waals surface area (Å²) >= 11 is 0. The van der Waals surface area contributed by atoms with Gasteiger partial charge in [-0.25, -0.2) is 4.79 Å². The third-order valence-corrected chi connectivity index (χ3v) is 5.19. The average molecular weight is 487 g/mol. The number of carboxylic acids is 1. The molecule has 12 heteroatoms. The Kier molecular flexibility index (Phi) is 14.7. The van der Waals surface area contributed by atoms with Gasteiger partial charge in [-0.1, -0.05) is 34.1 Å². The van der Waals surface area contributed by atoms with Crippen LogP contribution in [0.15, 0.2) is 0 Å². The van der Waals surface area contributed by atoms with Crippen molar-refractivity contribution in [2.75, 3.05) is 6.54 Å². The summed E-state index contributed by atoms with van der Waals surface area (Å²) in [5, 5.41) is 16.9. The molecule has 0 aromatic rings. The second-order valence-corrected chi connectivity index (χ2v) is 9.22. The Morgan fingerprint density at radius 1 is 0.824 bits per heavy atom. The molecule has 0 heterocycles. The highest BCUT2D eigenvalue weighted by molar-refractivity contribution is 5.94. The van der Waals surface area contributed by atoms with E-state index >= 15 is 0 Å². The maximum Gasteiger partial charge on any atom is 0.326 e. The summed E-state index contributed by atoms with van der Waals surface area (Å²) in [6, 6.07) is -4.19. The van der Waals surface area contributed by atoms with Gasteiger partial charge in [-0.05, 0) is 44.1 Å². The number of carbonyl (C=O) groups is 5. The molecule has 0 aromatic heterocycles. The minimum absolute atomic E-state index is 0.00495. The fourth-order valence-corrected chi connectivity index (χ4v) is 3.22. The number of primary amides is 1. The van der Waals surface area contributed by atoms with Crippen molar-refractivity contribution in [1.29, 1.82) is 0 Å². The van der Waals surface area contributed by atoms with E-state index in [0.717, 1.165) is 6.42 Å². The van der Waals surface area contributed by atoms with Crippen LogP contribution in [0.5, 0.6) is 0 Å². The second-order valence-electron chi connectivity index (χ2n) is 9.22. The van der Waals surface area contributed by atoms with Crippen LogP contribution in [0.4, 0.5) is 0 Å². The van der Waals surface area contributed by atoms with Crippen molar-refractivity contribution in [3.05, 3.63) is 0 Å². The number of hydrogen-bond donors (Lipinski definition) is 7. The first-order chi connectivity index (χ1) is 15.8. The highest BCUT2D eigenvalue weighted by Gasteiger charge is 2.32. The third-order valence-electron chi connectivity index (χ3n) is 5.19. The Morgan fingerprint density at radius 3 is 1.88 bits per heavy atom. The summed E-state index contributed by atoms with van der Waals surface area (Å²) in [5.74, 6) is -4.15. The van der Waals surface area contributed by atoms with Crippen LogP contribution in [-0.4, -0.2) is 65.4 Å². The molecule has 0 radical (unpaired) electrons. The molecular weight excluding hydrogens is 444 g/mol. The lowest BCUT2D eigenvalue weighted by Gasteiger charge is -2.27. The van der Waals surface area contributed by atoms with Crippen molar-refractivity contribution in [2.24, 2.45) is 29.0 Å². The fraction of sp³-hybridized carbons (Fsp3) is 0.773. The van der Waals surface area contributed by atoms with Crippen LogP contribution < -0.4 is 33.2 Å². The third kappa shape index (κ3) is 12.5. The fourth-order valence-electron chi connectivity index (χ4n) is 3.22. The van der Waals surface area contributed by atoms with Crippen LogP contribution in [0.2, 0.25) is 0 Å². The van der Waals surface area contributed by atoms with Gasteiger partial charge in [-0.15, -0.1) is 0 Å². The second kappa shape index (κ2) is 16.0. The molecule has 0 rings (SSSR count). The molecule has 4 unspecified atom stereocenters. The first kappa shape index (κ1) is 31.3. The van der Waals surface area contributed by atoms with E-state index in [9.17, 15) is 29.1 Å². The number of carboxylic acid groups (broad SMARTS) is 1. The lowest BCUT2D eigenvalue weighted by atomic mass is 10.00. The van der Waals surface area contributed by atoms with Crippen LogP contribution in [0.1, 0.15) is 66.2 Å². The Labute approximate surface area is 201 Å². The highest BCUT2D eigenvalue weighted by Crippen LogP contribution is 2.09. The van der Waals surface area contributed by atoms with Crippen LogP contribution in [-0.2, 0) is 24.0 Å². The van der Waals surface area contributed by atoms with Gasteiger partial charge in [-0.3, -0.25) is 19.2 Å². The molecule has 34 heavy (non-hydrogen) atoms. The van der Waals surface area contributed by atoms with Gasteiger partial charge in [-0.2, -0.15) is 0 Å². The normalized spacial score (nSPS) is 14.7. The maximum absolute atomic E-state index is 13.0. The molecule has 4 atom stereocenters. The summed E-state index contributed by atoms with van der Waals surface area (Å²) in [6.45, 7) is 7.54. The zero-order valence-corrected chi connectivity index (χ0v) is 20.6. The van der Waals surface area contributed by atoms with Gasteiger partial charge in [0.2, 0.25) is 23.6 Å². The van der Waals surface area contributed by atoms with Gasteiger partial charge in [0.25, 0.3) is 0 Å². The number of nitrogens with one attached hydrogen (secondary N) is 3. The van der Waals surface area contributed by atoms with Crippen LogP contribution in [0.3, 0.4) is 0 Å². The lowest BCUT2D eigenvalue weighted by molar-refractivity contribution is -0.143. The van der Waals surface area contributed by atoms with Gasteiger partial charge in [0.15, 0.2) is 0 Å². The van der Waals surface area contributed by atoms with Gasteiger partial charge < -0.3 is 38.3 Å². The molecule has 10 N–H and O–H groups in total. The Morgan fingerprint density at radius 2 is 1.41 bits per heavy atom. The van der Waals surface area contributed by atoms with E-state index in [1.165, 1.54) is 0 Å². The van der Waals surface area contributed by atoms with Crippen molar-refractivity contribution in [1.82, 2.24) is 16.0 Å². The van der Waals surface area contributed by atoms with Gasteiger partial charge in [0, 0.05) is 6.42 Å². The van der Waals surface area contributed by atoms with Crippen molar-refractivity contribution in [2.45, 2.75) is 90.4 Å². The number of carbonyl (C=O) groups excluding carboxylic acids is 4. The van der Waals surface area contributed by atoms with Crippen LogP contribution in [0.25, 0.3) is 0 Å². The number of hydrogen-bond acceptors (Lipinski definition) is 7. The number of unbranched alkanes of at least 4 members (excludes halogenated alkanes) is 1. The van der Waals surface area contributed by atoms with E-state index in [4.69, 9.17) is 17.2 Å². The minimum atomic E-state index is -1.22. The maximum atomic E-state index is 13.0. The largest absolute Gasteiger partial charge is 0.480 e. The summed E-state index contributed by atoms with van der Waals surface area (Å²) in [5.41, 5.74) is 16.5. The predicted molar refractivity (Wildman–Crippen MR) is 127 cm³/mol. The minimum Gasteiger partial charge on any atom is -0.480 e. The summed E-state index contributed by atoms with van der Waals surface area (Å²) in [7, 11) is 0. The molecule has 0 bridgehead atoms. The van der Waals surface area contributed by atoms with Crippen LogP contribution in [0, 0.1) is 11.8 Å². The zero-order valence-electron chi connectivity index (χ0n) is 20.6.